The zero-order chi connectivity index (χ0) is 20.4. The number of aromatic nitrogens is 1. The summed E-state index contributed by atoms with van der Waals surface area (Å²) >= 11 is 6.83. The minimum Gasteiger partial charge on any atom is -0.617 e. The highest BCUT2D eigenvalue weighted by Gasteiger charge is 2.29. The molecule has 3 rings (SSSR count). The van der Waals surface area contributed by atoms with Crippen molar-refractivity contribution < 1.29 is 28.1 Å². The average Bonchev–Trinajstić information content (AvgIpc) is 3.03. The van der Waals surface area contributed by atoms with Gasteiger partial charge in [-0.3, -0.25) is 4.79 Å². The molecule has 1 amide bonds. The summed E-state index contributed by atoms with van der Waals surface area (Å²) in [7, 11) is 0. The van der Waals surface area contributed by atoms with Gasteiger partial charge in [0, 0.05) is 10.6 Å². The Bertz CT molecular complexity index is 1030. The van der Waals surface area contributed by atoms with Crippen molar-refractivity contribution in [3.05, 3.63) is 74.2 Å². The number of hydrogen-bond donors (Lipinski definition) is 2. The largest absolute Gasteiger partial charge is 0.617 e. The topological polar surface area (TPSA) is 99.5 Å². The van der Waals surface area contributed by atoms with E-state index >= 15 is 0 Å². The Balaban J connectivity index is 1.94. The van der Waals surface area contributed by atoms with Crippen molar-refractivity contribution in [2.45, 2.75) is 6.10 Å². The Kier molecular flexibility index (Phi) is 5.78. The number of thiazole rings is 1. The minimum atomic E-state index is -1.31. The van der Waals surface area contributed by atoms with Crippen LogP contribution >= 0.6 is 22.9 Å². The van der Waals surface area contributed by atoms with Crippen molar-refractivity contribution in [3.8, 4) is 17.0 Å². The third-order valence-electron chi connectivity index (χ3n) is 3.86. The van der Waals surface area contributed by atoms with Crippen LogP contribution in [0.15, 0.2) is 41.8 Å². The van der Waals surface area contributed by atoms with Crippen LogP contribution < -0.4 is 15.2 Å². The molecule has 1 heterocycles. The molecule has 3 aromatic rings. The molecule has 1 atom stereocenters. The van der Waals surface area contributed by atoms with Crippen molar-refractivity contribution >= 4 is 28.8 Å². The van der Waals surface area contributed by atoms with Crippen LogP contribution in [0, 0.1) is 16.8 Å². The van der Waals surface area contributed by atoms with Gasteiger partial charge < -0.3 is 20.8 Å². The van der Waals surface area contributed by atoms with E-state index in [4.69, 9.17) is 22.1 Å². The molecule has 0 radical (unpaired) electrons. The number of carbonyl (C=O) groups excluding carboxylic acids is 1. The fourth-order valence-electron chi connectivity index (χ4n) is 2.51. The summed E-state index contributed by atoms with van der Waals surface area (Å²) in [5.74, 6) is -4.27. The summed E-state index contributed by atoms with van der Waals surface area (Å²) in [4.78, 5) is 11.2. The summed E-state index contributed by atoms with van der Waals surface area (Å²) < 4.78 is 33.9. The second-order valence-electron chi connectivity index (χ2n) is 5.65. The van der Waals surface area contributed by atoms with Crippen LogP contribution in [0.3, 0.4) is 0 Å². The molecule has 146 valence electrons. The summed E-state index contributed by atoms with van der Waals surface area (Å²) in [5.41, 5.74) is 4.89. The van der Waals surface area contributed by atoms with Gasteiger partial charge in [0.05, 0.1) is 12.0 Å². The van der Waals surface area contributed by atoms with Crippen molar-refractivity contribution in [3.63, 3.8) is 0 Å². The van der Waals surface area contributed by atoms with E-state index in [9.17, 15) is 23.9 Å². The third kappa shape index (κ3) is 3.77. The van der Waals surface area contributed by atoms with E-state index in [1.165, 1.54) is 0 Å². The summed E-state index contributed by atoms with van der Waals surface area (Å²) in [6.45, 7) is -0.661. The van der Waals surface area contributed by atoms with Gasteiger partial charge in [0.1, 0.15) is 11.4 Å². The van der Waals surface area contributed by atoms with Gasteiger partial charge in [-0.15, -0.1) is 0 Å². The molecular weight excluding hydrogens is 414 g/mol. The Labute approximate surface area is 167 Å². The first kappa shape index (κ1) is 20.0. The third-order valence-corrected chi connectivity index (χ3v) is 5.13. The lowest BCUT2D eigenvalue weighted by molar-refractivity contribution is -0.600. The fourth-order valence-corrected chi connectivity index (χ4v) is 3.57. The van der Waals surface area contributed by atoms with E-state index in [1.807, 2.05) is 0 Å². The number of rotatable bonds is 6. The number of nitrogens with two attached hydrogens (primary N) is 1. The van der Waals surface area contributed by atoms with Crippen LogP contribution in [0.1, 0.15) is 21.5 Å². The van der Waals surface area contributed by atoms with E-state index < -0.39 is 41.6 Å². The molecule has 0 aliphatic heterocycles. The predicted molar refractivity (Wildman–Crippen MR) is 99.1 cm³/mol. The standard InChI is InChI=1S/C18H13ClF2N2O4S/c19-10-3-1-9(2-4-10)12-8-28-18(23(12)26)14(7-24)27-13-6-5-11(20)15(16(13)21)17(22)25/h1-6,8,14,24H,7H2,(H2,22,25). The van der Waals surface area contributed by atoms with Crippen LogP contribution in [-0.2, 0) is 0 Å². The highest BCUT2D eigenvalue weighted by molar-refractivity contribution is 7.09. The first-order chi connectivity index (χ1) is 13.3. The fraction of sp³-hybridized carbons (Fsp3) is 0.111. The molecule has 0 aliphatic rings. The smallest absolute Gasteiger partial charge is 0.292 e. The predicted octanol–water partition coefficient (Wildman–Crippen LogP) is 3.19. The Morgan fingerprint density at radius 2 is 1.96 bits per heavy atom. The first-order valence-corrected chi connectivity index (χ1v) is 9.11. The normalized spacial score (nSPS) is 12.0. The van der Waals surface area contributed by atoms with Crippen molar-refractivity contribution in [2.24, 2.45) is 5.73 Å². The zero-order valence-electron chi connectivity index (χ0n) is 14.1. The Hall–Kier alpha value is -2.75. The molecule has 1 unspecified atom stereocenters. The highest BCUT2D eigenvalue weighted by atomic mass is 35.5. The minimum absolute atomic E-state index is 0.0387. The molecule has 2 aromatic carbocycles. The maximum Gasteiger partial charge on any atom is 0.292 e. The lowest BCUT2D eigenvalue weighted by Crippen LogP contribution is -2.35. The molecule has 0 saturated carbocycles. The van der Waals surface area contributed by atoms with Gasteiger partial charge in [0.15, 0.2) is 11.6 Å². The second kappa shape index (κ2) is 8.09. The number of carbonyl (C=O) groups is 1. The Morgan fingerprint density at radius 3 is 2.57 bits per heavy atom. The van der Waals surface area contributed by atoms with Gasteiger partial charge in [0.2, 0.25) is 11.8 Å². The second-order valence-corrected chi connectivity index (χ2v) is 6.97. The summed E-state index contributed by atoms with van der Waals surface area (Å²) in [6.07, 6.45) is -1.25. The molecule has 28 heavy (non-hydrogen) atoms. The van der Waals surface area contributed by atoms with E-state index in [2.05, 4.69) is 0 Å². The number of amides is 1. The van der Waals surface area contributed by atoms with Gasteiger partial charge >= 0.3 is 0 Å². The molecule has 0 saturated heterocycles. The van der Waals surface area contributed by atoms with E-state index in [0.29, 0.717) is 15.3 Å². The molecule has 1 aromatic heterocycles. The maximum absolute atomic E-state index is 14.4. The summed E-state index contributed by atoms with van der Waals surface area (Å²) in [5, 5.41) is 24.4. The molecule has 3 N–H and O–H groups in total. The number of nitrogens with zero attached hydrogens (tertiary/aromatic N) is 1. The summed E-state index contributed by atoms with van der Waals surface area (Å²) in [6, 6.07) is 8.29. The number of hydrogen-bond acceptors (Lipinski definition) is 5. The van der Waals surface area contributed by atoms with Crippen molar-refractivity contribution in [1.82, 2.24) is 0 Å². The van der Waals surface area contributed by atoms with Crippen LogP contribution in [0.4, 0.5) is 8.78 Å². The molecule has 6 nitrogen and oxygen atoms in total. The average molecular weight is 427 g/mol. The number of primary amides is 1. The molecule has 0 spiro atoms. The molecule has 0 fully saturated rings. The van der Waals surface area contributed by atoms with Crippen molar-refractivity contribution in [2.75, 3.05) is 6.61 Å². The SMILES string of the molecule is NC(=O)c1c(F)ccc(OC(CO)c2scc(-c3ccc(Cl)cc3)[n+]2[O-])c1F. The van der Waals surface area contributed by atoms with Crippen LogP contribution in [0.25, 0.3) is 11.3 Å². The van der Waals surface area contributed by atoms with Gasteiger partial charge in [-0.05, 0) is 36.4 Å². The number of halogens is 3. The number of aliphatic hydroxyl groups excluding tert-OH is 1. The maximum atomic E-state index is 14.4. The monoisotopic (exact) mass is 426 g/mol. The first-order valence-electron chi connectivity index (χ1n) is 7.85. The van der Waals surface area contributed by atoms with Crippen LogP contribution in [0.5, 0.6) is 5.75 Å². The van der Waals surface area contributed by atoms with Crippen LogP contribution in [-0.4, -0.2) is 17.6 Å². The molecule has 10 heteroatoms. The van der Waals surface area contributed by atoms with E-state index in [-0.39, 0.29) is 10.7 Å². The lowest BCUT2D eigenvalue weighted by Gasteiger charge is -2.16. The lowest BCUT2D eigenvalue weighted by atomic mass is 10.1. The van der Waals surface area contributed by atoms with Gasteiger partial charge in [-0.25, -0.2) is 8.78 Å². The molecule has 0 aliphatic carbocycles. The van der Waals surface area contributed by atoms with E-state index in [1.54, 1.807) is 29.6 Å². The van der Waals surface area contributed by atoms with Gasteiger partial charge in [-0.2, -0.15) is 4.73 Å². The van der Waals surface area contributed by atoms with E-state index in [0.717, 1.165) is 23.5 Å². The number of benzene rings is 2. The van der Waals surface area contributed by atoms with Gasteiger partial charge in [-0.1, -0.05) is 22.9 Å². The quantitative estimate of drug-likeness (QED) is 0.467. The molecular formula is C18H13ClF2N2O4S. The van der Waals surface area contributed by atoms with Gasteiger partial charge in [0.25, 0.3) is 10.9 Å². The van der Waals surface area contributed by atoms with Crippen molar-refractivity contribution in [1.29, 1.82) is 0 Å². The van der Waals surface area contributed by atoms with Crippen LogP contribution in [0.2, 0.25) is 5.02 Å². The Morgan fingerprint density at radius 1 is 1.29 bits per heavy atom. The number of ether oxygens (including phenoxy) is 1. The zero-order valence-corrected chi connectivity index (χ0v) is 15.6. The molecule has 0 bridgehead atoms. The highest BCUT2D eigenvalue weighted by Crippen LogP contribution is 2.30. The number of aliphatic hydroxyl groups is 1.